The molecule has 0 spiro atoms. The summed E-state index contributed by atoms with van der Waals surface area (Å²) in [5.74, 6) is 1.83. The Morgan fingerprint density at radius 3 is 2.87 bits per heavy atom. The Hall–Kier alpha value is -2.99. The molecule has 0 amide bonds. The molecule has 6 nitrogen and oxygen atoms in total. The number of fused-ring (bicyclic) bond motifs is 2. The molecular formula is C24H28N4O2. The summed E-state index contributed by atoms with van der Waals surface area (Å²) in [5, 5.41) is 8.89. The predicted octanol–water partition coefficient (Wildman–Crippen LogP) is 3.79. The van der Waals surface area contributed by atoms with Crippen LogP contribution in [0.15, 0.2) is 42.5 Å². The molecule has 1 atom stereocenters. The highest BCUT2D eigenvalue weighted by Gasteiger charge is 2.25. The van der Waals surface area contributed by atoms with Gasteiger partial charge in [0.15, 0.2) is 11.5 Å². The molecule has 0 bridgehead atoms. The van der Waals surface area contributed by atoms with Gasteiger partial charge in [-0.25, -0.2) is 0 Å². The van der Waals surface area contributed by atoms with Crippen LogP contribution < -0.4 is 15.2 Å². The Labute approximate surface area is 176 Å². The summed E-state index contributed by atoms with van der Waals surface area (Å²) < 4.78 is 13.2. The molecule has 3 heterocycles. The number of amidine groups is 1. The Balaban J connectivity index is 1.27. The molecular weight excluding hydrogens is 376 g/mol. The van der Waals surface area contributed by atoms with Crippen molar-refractivity contribution in [3.63, 3.8) is 0 Å². The second-order valence-electron chi connectivity index (χ2n) is 8.37. The smallest absolute Gasteiger partial charge is 0.231 e. The molecule has 1 aromatic heterocycles. The van der Waals surface area contributed by atoms with Gasteiger partial charge in [-0.05, 0) is 67.4 Å². The topological polar surface area (TPSA) is 76.5 Å². The first-order valence-corrected chi connectivity index (χ1v) is 10.6. The average molecular weight is 405 g/mol. The van der Waals surface area contributed by atoms with E-state index in [1.807, 2.05) is 18.2 Å². The van der Waals surface area contributed by atoms with Gasteiger partial charge in [-0.2, -0.15) is 0 Å². The number of ether oxygens (including phenoxy) is 2. The Morgan fingerprint density at radius 1 is 1.13 bits per heavy atom. The first kappa shape index (κ1) is 19.0. The van der Waals surface area contributed by atoms with Crippen molar-refractivity contribution >= 4 is 16.7 Å². The predicted molar refractivity (Wildman–Crippen MR) is 118 cm³/mol. The number of nitrogen functional groups attached to an aromatic ring is 1. The zero-order valence-corrected chi connectivity index (χ0v) is 17.4. The summed E-state index contributed by atoms with van der Waals surface area (Å²) >= 11 is 0. The number of hydrogen-bond acceptors (Lipinski definition) is 4. The summed E-state index contributed by atoms with van der Waals surface area (Å²) in [4.78, 5) is 2.61. The van der Waals surface area contributed by atoms with Crippen LogP contribution in [0.1, 0.15) is 36.1 Å². The molecule has 0 aliphatic carbocycles. The highest BCUT2D eigenvalue weighted by molar-refractivity contribution is 5.98. The lowest BCUT2D eigenvalue weighted by Crippen LogP contribution is -2.29. The number of rotatable bonds is 6. The van der Waals surface area contributed by atoms with Crippen LogP contribution in [-0.4, -0.2) is 34.7 Å². The van der Waals surface area contributed by atoms with Gasteiger partial charge in [0.1, 0.15) is 5.84 Å². The quantitative estimate of drug-likeness (QED) is 0.484. The summed E-state index contributed by atoms with van der Waals surface area (Å²) in [6.07, 6.45) is 4.70. The molecule has 1 fully saturated rings. The van der Waals surface area contributed by atoms with E-state index in [1.54, 1.807) is 0 Å². The largest absolute Gasteiger partial charge is 0.454 e. The van der Waals surface area contributed by atoms with E-state index in [2.05, 4.69) is 40.8 Å². The third-order valence-electron chi connectivity index (χ3n) is 6.51. The van der Waals surface area contributed by atoms with E-state index < -0.39 is 0 Å². The molecule has 2 aliphatic rings. The van der Waals surface area contributed by atoms with Crippen LogP contribution in [0.5, 0.6) is 11.5 Å². The molecule has 2 aromatic carbocycles. The number of nitrogens with two attached hydrogens (primary N) is 1. The van der Waals surface area contributed by atoms with Crippen molar-refractivity contribution in [3.05, 3.63) is 59.3 Å². The maximum absolute atomic E-state index is 7.69. The molecule has 6 heteroatoms. The van der Waals surface area contributed by atoms with Gasteiger partial charge in [-0.15, -0.1) is 0 Å². The van der Waals surface area contributed by atoms with Crippen molar-refractivity contribution in [2.45, 2.75) is 38.3 Å². The minimum atomic E-state index is 0.116. The first-order chi connectivity index (χ1) is 14.6. The van der Waals surface area contributed by atoms with Crippen molar-refractivity contribution in [1.29, 1.82) is 5.41 Å². The van der Waals surface area contributed by atoms with Crippen LogP contribution in [0.2, 0.25) is 0 Å². The third-order valence-corrected chi connectivity index (χ3v) is 6.51. The fraction of sp³-hybridized carbons (Fsp3) is 0.375. The lowest BCUT2D eigenvalue weighted by molar-refractivity contribution is 0.174. The van der Waals surface area contributed by atoms with Crippen molar-refractivity contribution in [2.75, 3.05) is 13.3 Å². The maximum atomic E-state index is 7.69. The van der Waals surface area contributed by atoms with Crippen molar-refractivity contribution in [2.24, 2.45) is 12.8 Å². The monoisotopic (exact) mass is 404 g/mol. The number of likely N-dealkylation sites (tertiary alicyclic amines) is 1. The van der Waals surface area contributed by atoms with Crippen molar-refractivity contribution in [3.8, 4) is 11.5 Å². The minimum absolute atomic E-state index is 0.116. The Bertz CT molecular complexity index is 1100. The molecule has 3 aromatic rings. The van der Waals surface area contributed by atoms with Crippen LogP contribution in [0, 0.1) is 5.41 Å². The maximum Gasteiger partial charge on any atom is 0.231 e. The molecule has 5 rings (SSSR count). The summed E-state index contributed by atoms with van der Waals surface area (Å²) in [7, 11) is 2.11. The molecule has 3 N–H and O–H groups in total. The molecule has 2 aliphatic heterocycles. The SMILES string of the molecule is Cn1c(CC[C@@H]2CCCN2Cc2ccc3c(c2)OCO3)cc2ccc(C(=N)N)cc21. The fourth-order valence-corrected chi connectivity index (χ4v) is 4.81. The van der Waals surface area contributed by atoms with Crippen LogP contribution in [-0.2, 0) is 20.0 Å². The molecule has 0 unspecified atom stereocenters. The second-order valence-corrected chi connectivity index (χ2v) is 8.37. The Morgan fingerprint density at radius 2 is 2.00 bits per heavy atom. The van der Waals surface area contributed by atoms with Gasteiger partial charge in [-0.1, -0.05) is 18.2 Å². The Kier molecular flexibility index (Phi) is 4.87. The van der Waals surface area contributed by atoms with E-state index in [4.69, 9.17) is 20.6 Å². The zero-order chi connectivity index (χ0) is 20.7. The van der Waals surface area contributed by atoms with Crippen LogP contribution in [0.4, 0.5) is 0 Å². The van der Waals surface area contributed by atoms with Gasteiger partial charge in [0.25, 0.3) is 0 Å². The molecule has 0 saturated carbocycles. The fourth-order valence-electron chi connectivity index (χ4n) is 4.81. The van der Waals surface area contributed by atoms with Gasteiger partial charge in [0.2, 0.25) is 6.79 Å². The van der Waals surface area contributed by atoms with Gasteiger partial charge < -0.3 is 19.8 Å². The summed E-state index contributed by atoms with van der Waals surface area (Å²) in [6.45, 7) is 2.43. The minimum Gasteiger partial charge on any atom is -0.454 e. The summed E-state index contributed by atoms with van der Waals surface area (Å²) in [5.41, 5.74) is 10.2. The lowest BCUT2D eigenvalue weighted by Gasteiger charge is -2.24. The zero-order valence-electron chi connectivity index (χ0n) is 17.4. The lowest BCUT2D eigenvalue weighted by atomic mass is 10.1. The van der Waals surface area contributed by atoms with E-state index >= 15 is 0 Å². The first-order valence-electron chi connectivity index (χ1n) is 10.6. The second kappa shape index (κ2) is 7.69. The van der Waals surface area contributed by atoms with Gasteiger partial charge in [0.05, 0.1) is 0 Å². The third kappa shape index (κ3) is 3.52. The highest BCUT2D eigenvalue weighted by Crippen LogP contribution is 2.34. The average Bonchev–Trinajstić information content (AvgIpc) is 3.45. The number of aryl methyl sites for hydroxylation is 2. The number of benzene rings is 2. The van der Waals surface area contributed by atoms with E-state index in [1.165, 1.54) is 29.5 Å². The number of hydrogen-bond donors (Lipinski definition) is 2. The highest BCUT2D eigenvalue weighted by atomic mass is 16.7. The number of aromatic nitrogens is 1. The number of nitrogens with one attached hydrogen (secondary N) is 1. The van der Waals surface area contributed by atoms with Gasteiger partial charge in [0, 0.05) is 36.4 Å². The van der Waals surface area contributed by atoms with E-state index in [0.29, 0.717) is 12.8 Å². The molecule has 1 saturated heterocycles. The van der Waals surface area contributed by atoms with Crippen LogP contribution >= 0.6 is 0 Å². The normalized spacial score (nSPS) is 18.4. The van der Waals surface area contributed by atoms with Crippen molar-refractivity contribution < 1.29 is 9.47 Å². The van der Waals surface area contributed by atoms with Crippen LogP contribution in [0.3, 0.4) is 0 Å². The standard InChI is InChI=1S/C24H28N4O2/c1-27-20(12-17-5-6-18(24(25)26)13-21(17)27)8-7-19-3-2-10-28(19)14-16-4-9-22-23(11-16)30-15-29-22/h4-6,9,11-13,19H,2-3,7-8,10,14-15H2,1H3,(H3,25,26)/t19-/m0/s1. The van der Waals surface area contributed by atoms with E-state index in [9.17, 15) is 0 Å². The molecule has 30 heavy (non-hydrogen) atoms. The van der Waals surface area contributed by atoms with Crippen molar-refractivity contribution in [1.82, 2.24) is 9.47 Å². The number of nitrogens with zero attached hydrogens (tertiary/aromatic N) is 2. The van der Waals surface area contributed by atoms with Gasteiger partial charge in [-0.3, -0.25) is 10.3 Å². The summed E-state index contributed by atoms with van der Waals surface area (Å²) in [6, 6.07) is 15.2. The van der Waals surface area contributed by atoms with E-state index in [-0.39, 0.29) is 5.84 Å². The van der Waals surface area contributed by atoms with Crippen LogP contribution in [0.25, 0.3) is 10.9 Å². The van der Waals surface area contributed by atoms with Gasteiger partial charge >= 0.3 is 0 Å². The molecule has 0 radical (unpaired) electrons. The molecule has 156 valence electrons. The van der Waals surface area contributed by atoms with E-state index in [0.717, 1.165) is 48.5 Å².